The van der Waals surface area contributed by atoms with Crippen molar-refractivity contribution in [2.75, 3.05) is 13.2 Å². The van der Waals surface area contributed by atoms with Gasteiger partial charge in [-0.25, -0.2) is 4.79 Å². The Kier molecular flexibility index (Phi) is 18.3. The molecule has 0 fully saturated rings. The number of nitrogens with two attached hydrogens (primary N) is 2. The number of carbonyl (C=O) groups is 6. The molecule has 11 N–H and O–H groups in total. The second kappa shape index (κ2) is 19.8. The molecule has 0 saturated carbocycles. The number of aliphatic carboxylic acids is 1. The number of hydrogen-bond donors (Lipinski definition) is 9. The summed E-state index contributed by atoms with van der Waals surface area (Å²) in [4.78, 5) is 76.1. The second-order valence-corrected chi connectivity index (χ2v) is 11.5. The molecule has 0 bridgehead atoms. The minimum atomic E-state index is -1.56. The van der Waals surface area contributed by atoms with Gasteiger partial charge in [-0.2, -0.15) is 0 Å². The predicted molar refractivity (Wildman–Crippen MR) is 160 cm³/mol. The zero-order valence-electron chi connectivity index (χ0n) is 26.4. The van der Waals surface area contributed by atoms with Crippen molar-refractivity contribution in [3.63, 3.8) is 0 Å². The maximum atomic E-state index is 13.4. The molecule has 0 aromatic heterocycles. The summed E-state index contributed by atoms with van der Waals surface area (Å²) < 4.78 is 0. The van der Waals surface area contributed by atoms with Crippen molar-refractivity contribution in [2.24, 2.45) is 29.2 Å². The Labute approximate surface area is 254 Å². The first kappa shape index (κ1) is 39.7. The average molecular weight is 616 g/mol. The summed E-state index contributed by atoms with van der Waals surface area (Å²) in [5, 5.41) is 31.2. The number of carbonyl (C=O) groups excluding carboxylic acids is 5. The highest BCUT2D eigenvalue weighted by Gasteiger charge is 2.34. The summed E-state index contributed by atoms with van der Waals surface area (Å²) in [5.41, 5.74) is 11.4. The normalized spacial score (nSPS) is 16.2. The van der Waals surface area contributed by atoms with Gasteiger partial charge in [0.1, 0.15) is 30.2 Å². The highest BCUT2D eigenvalue weighted by atomic mass is 16.4. The molecule has 15 heteroatoms. The lowest BCUT2D eigenvalue weighted by Crippen LogP contribution is -2.60. The van der Waals surface area contributed by atoms with Gasteiger partial charge in [0, 0.05) is 0 Å². The Balaban J connectivity index is 5.83. The number of unbranched alkanes of at least 4 members (excludes halogenated alkanes) is 1. The maximum absolute atomic E-state index is 13.4. The summed E-state index contributed by atoms with van der Waals surface area (Å²) in [7, 11) is 0. The van der Waals surface area contributed by atoms with E-state index in [9.17, 15) is 39.0 Å². The number of rotatable bonds is 20. The van der Waals surface area contributed by atoms with Crippen molar-refractivity contribution < 1.29 is 39.0 Å². The molecule has 0 aromatic rings. The molecule has 0 saturated heterocycles. The smallest absolute Gasteiger partial charge is 0.328 e. The summed E-state index contributed by atoms with van der Waals surface area (Å²) >= 11 is 0. The van der Waals surface area contributed by atoms with Gasteiger partial charge in [-0.3, -0.25) is 24.0 Å². The molecule has 5 amide bonds. The van der Waals surface area contributed by atoms with Crippen molar-refractivity contribution in [3.8, 4) is 0 Å². The van der Waals surface area contributed by atoms with Gasteiger partial charge in [0.2, 0.25) is 29.5 Å². The quantitative estimate of drug-likeness (QED) is 0.0703. The van der Waals surface area contributed by atoms with Gasteiger partial charge in [-0.1, -0.05) is 48.0 Å². The molecule has 0 unspecified atom stereocenters. The number of hydrogen-bond acceptors (Lipinski definition) is 9. The van der Waals surface area contributed by atoms with Crippen molar-refractivity contribution in [2.45, 2.75) is 110 Å². The summed E-state index contributed by atoms with van der Waals surface area (Å²) in [6.07, 6.45) is 1.67. The molecule has 0 aliphatic rings. The average Bonchev–Trinajstić information content (AvgIpc) is 2.94. The zero-order chi connectivity index (χ0) is 33.4. The fraction of sp³-hybridized carbons (Fsp3) is 0.786. The molecular weight excluding hydrogens is 562 g/mol. The molecule has 0 aromatic carbocycles. The van der Waals surface area contributed by atoms with Crippen LogP contribution in [-0.4, -0.2) is 95.1 Å². The standard InChI is InChI=1S/C28H53N7O8/c1-8-16(6)22(27(41)33-19(13-36)28(42)43)35-24(38)18(11-9-10-12-29)32-26(40)21(15(4)5)34-23(37)17(7)31-25(39)20(30)14(2)3/h14-22,36H,8-13,29-30H2,1-7H3,(H,31,39)(H,32,40)(H,33,41)(H,34,37)(H,35,38)(H,42,43)/t16-,17+,18+,19+,20+,21+,22+/m0/s1. The van der Waals surface area contributed by atoms with Gasteiger partial charge in [0.15, 0.2) is 0 Å². The lowest BCUT2D eigenvalue weighted by molar-refractivity contribution is -0.143. The molecule has 0 heterocycles. The van der Waals surface area contributed by atoms with Gasteiger partial charge in [0.25, 0.3) is 0 Å². The van der Waals surface area contributed by atoms with E-state index < -0.39 is 90.2 Å². The van der Waals surface area contributed by atoms with E-state index in [0.29, 0.717) is 25.8 Å². The van der Waals surface area contributed by atoms with E-state index in [4.69, 9.17) is 11.5 Å². The lowest BCUT2D eigenvalue weighted by Gasteiger charge is -2.29. The maximum Gasteiger partial charge on any atom is 0.328 e. The highest BCUT2D eigenvalue weighted by Crippen LogP contribution is 2.11. The molecule has 43 heavy (non-hydrogen) atoms. The van der Waals surface area contributed by atoms with Crippen LogP contribution in [0.25, 0.3) is 0 Å². The van der Waals surface area contributed by atoms with Gasteiger partial charge in [-0.05, 0) is 50.5 Å². The third kappa shape index (κ3) is 13.7. The number of aliphatic hydroxyl groups is 1. The third-order valence-corrected chi connectivity index (χ3v) is 7.19. The van der Waals surface area contributed by atoms with Gasteiger partial charge in [0.05, 0.1) is 12.6 Å². The highest BCUT2D eigenvalue weighted by molar-refractivity contribution is 5.96. The zero-order valence-corrected chi connectivity index (χ0v) is 26.4. The van der Waals surface area contributed by atoms with Crippen molar-refractivity contribution in [1.29, 1.82) is 0 Å². The summed E-state index contributed by atoms with van der Waals surface area (Å²) in [6, 6.07) is -6.68. The third-order valence-electron chi connectivity index (χ3n) is 7.19. The minimum absolute atomic E-state index is 0.147. The number of aliphatic hydroxyl groups excluding tert-OH is 1. The fourth-order valence-corrected chi connectivity index (χ4v) is 3.92. The summed E-state index contributed by atoms with van der Waals surface area (Å²) in [5.74, 6) is -5.65. The fourth-order valence-electron chi connectivity index (χ4n) is 3.92. The number of carboxylic acid groups (broad SMARTS) is 1. The topological polar surface area (TPSA) is 255 Å². The van der Waals surface area contributed by atoms with Crippen LogP contribution in [0.5, 0.6) is 0 Å². The van der Waals surface area contributed by atoms with Crippen molar-refractivity contribution in [3.05, 3.63) is 0 Å². The van der Waals surface area contributed by atoms with Crippen molar-refractivity contribution in [1.82, 2.24) is 26.6 Å². The minimum Gasteiger partial charge on any atom is -0.480 e. The Bertz CT molecular complexity index is 946. The molecule has 0 aliphatic carbocycles. The van der Waals surface area contributed by atoms with Crippen LogP contribution in [0.2, 0.25) is 0 Å². The first-order chi connectivity index (χ1) is 20.0. The van der Waals surface area contributed by atoms with Crippen LogP contribution in [-0.2, 0) is 28.8 Å². The van der Waals surface area contributed by atoms with Crippen LogP contribution in [0.4, 0.5) is 0 Å². The predicted octanol–water partition coefficient (Wildman–Crippen LogP) is -1.68. The molecule has 15 nitrogen and oxygen atoms in total. The summed E-state index contributed by atoms with van der Waals surface area (Å²) in [6.45, 7) is 11.4. The van der Waals surface area contributed by atoms with E-state index >= 15 is 0 Å². The molecule has 248 valence electrons. The molecule has 0 aliphatic heterocycles. The molecule has 0 spiro atoms. The van der Waals surface area contributed by atoms with E-state index in [-0.39, 0.29) is 12.3 Å². The Hall–Kier alpha value is -3.30. The molecule has 7 atom stereocenters. The van der Waals surface area contributed by atoms with E-state index in [1.165, 1.54) is 6.92 Å². The lowest BCUT2D eigenvalue weighted by atomic mass is 9.96. The first-order valence-corrected chi connectivity index (χ1v) is 14.8. The number of amides is 5. The largest absolute Gasteiger partial charge is 0.480 e. The van der Waals surface area contributed by atoms with Crippen LogP contribution in [0.15, 0.2) is 0 Å². The van der Waals surface area contributed by atoms with E-state index in [2.05, 4.69) is 26.6 Å². The van der Waals surface area contributed by atoms with Crippen molar-refractivity contribution >= 4 is 35.5 Å². The van der Waals surface area contributed by atoms with Gasteiger partial charge >= 0.3 is 5.97 Å². The van der Waals surface area contributed by atoms with E-state index in [1.54, 1.807) is 41.5 Å². The van der Waals surface area contributed by atoms with Gasteiger partial charge in [-0.15, -0.1) is 0 Å². The Morgan fingerprint density at radius 3 is 1.67 bits per heavy atom. The number of carboxylic acids is 1. The monoisotopic (exact) mass is 615 g/mol. The van der Waals surface area contributed by atoms with Crippen LogP contribution < -0.4 is 38.1 Å². The molecule has 0 rings (SSSR count). The Morgan fingerprint density at radius 1 is 0.674 bits per heavy atom. The molecular formula is C28H53N7O8. The number of nitrogens with one attached hydrogen (secondary N) is 5. The second-order valence-electron chi connectivity index (χ2n) is 11.5. The van der Waals surface area contributed by atoms with Gasteiger partial charge < -0.3 is 48.3 Å². The van der Waals surface area contributed by atoms with Crippen LogP contribution in [0, 0.1) is 17.8 Å². The van der Waals surface area contributed by atoms with Crippen LogP contribution >= 0.6 is 0 Å². The van der Waals surface area contributed by atoms with Crippen LogP contribution in [0.1, 0.15) is 74.1 Å². The molecule has 0 radical (unpaired) electrons. The first-order valence-electron chi connectivity index (χ1n) is 14.8. The van der Waals surface area contributed by atoms with E-state index in [1.807, 2.05) is 0 Å². The van der Waals surface area contributed by atoms with Crippen LogP contribution in [0.3, 0.4) is 0 Å². The van der Waals surface area contributed by atoms with E-state index in [0.717, 1.165) is 0 Å². The SMILES string of the molecule is CC[C@H](C)[C@@H](NC(=O)[C@@H](CCCCN)NC(=O)[C@H](NC(=O)[C@@H](C)NC(=O)[C@H](N)C(C)C)C(C)C)C(=O)N[C@H](CO)C(=O)O. The Morgan fingerprint density at radius 2 is 1.21 bits per heavy atom.